The van der Waals surface area contributed by atoms with Gasteiger partial charge in [-0.2, -0.15) is 13.2 Å². The molecular weight excluding hydrogens is 450 g/mol. The molecule has 178 valence electrons. The van der Waals surface area contributed by atoms with Crippen molar-refractivity contribution >= 4 is 22.6 Å². The molecule has 5 rings (SSSR count). The normalized spacial score (nSPS) is 16.6. The first kappa shape index (κ1) is 22.6. The number of hydrogen-bond donors (Lipinski definition) is 0. The number of fused-ring (bicyclic) bond motifs is 1. The van der Waals surface area contributed by atoms with E-state index in [0.717, 1.165) is 35.9 Å². The zero-order valence-electron chi connectivity index (χ0n) is 18.3. The van der Waals surface area contributed by atoms with E-state index in [1.165, 1.54) is 24.3 Å². The predicted molar refractivity (Wildman–Crippen MR) is 119 cm³/mol. The second-order valence-electron chi connectivity index (χ2n) is 8.65. The van der Waals surface area contributed by atoms with Crippen molar-refractivity contribution in [3.05, 3.63) is 71.0 Å². The highest BCUT2D eigenvalue weighted by molar-refractivity contribution is 5.95. The number of aromatic nitrogens is 1. The Labute approximate surface area is 193 Å². The number of anilines is 1. The Kier molecular flexibility index (Phi) is 5.89. The van der Waals surface area contributed by atoms with Gasteiger partial charge in [0.25, 0.3) is 5.91 Å². The fourth-order valence-electron chi connectivity index (χ4n) is 4.24. The van der Waals surface area contributed by atoms with Crippen LogP contribution in [-0.4, -0.2) is 48.1 Å². The molecule has 2 aromatic carbocycles. The van der Waals surface area contributed by atoms with Crippen molar-refractivity contribution in [2.45, 2.75) is 31.6 Å². The van der Waals surface area contributed by atoms with Crippen LogP contribution in [0.4, 0.5) is 23.4 Å². The third-order valence-corrected chi connectivity index (χ3v) is 6.19. The van der Waals surface area contributed by atoms with Gasteiger partial charge in [0.2, 0.25) is 0 Å². The number of carbonyl (C=O) groups is 1. The highest BCUT2D eigenvalue weighted by atomic mass is 19.4. The average molecular weight is 473 g/mol. The van der Waals surface area contributed by atoms with Gasteiger partial charge in [-0.1, -0.05) is 0 Å². The Morgan fingerprint density at radius 1 is 1.06 bits per heavy atom. The molecular formula is C25H23F4N3O2. The highest BCUT2D eigenvalue weighted by Crippen LogP contribution is 2.34. The van der Waals surface area contributed by atoms with Crippen LogP contribution in [0.25, 0.3) is 10.9 Å². The molecule has 1 aliphatic carbocycles. The minimum Gasteiger partial charge on any atom is -0.378 e. The average Bonchev–Trinajstić information content (AvgIpc) is 3.67. The molecule has 2 fully saturated rings. The van der Waals surface area contributed by atoms with Crippen LogP contribution in [0.5, 0.6) is 0 Å². The predicted octanol–water partition coefficient (Wildman–Crippen LogP) is 5.03. The molecule has 0 spiro atoms. The van der Waals surface area contributed by atoms with Gasteiger partial charge in [-0.3, -0.25) is 4.79 Å². The SMILES string of the molecule is O=C(c1ccc(C(F)(F)F)cc1)N(Cc1cc2ccc(F)cc2nc1N1CCOCC1)C1CC1. The Morgan fingerprint density at radius 2 is 1.76 bits per heavy atom. The van der Waals surface area contributed by atoms with Gasteiger partial charge in [0.15, 0.2) is 0 Å². The van der Waals surface area contributed by atoms with Gasteiger partial charge < -0.3 is 14.5 Å². The monoisotopic (exact) mass is 473 g/mol. The third-order valence-electron chi connectivity index (χ3n) is 6.19. The van der Waals surface area contributed by atoms with Crippen LogP contribution in [0.2, 0.25) is 0 Å². The van der Waals surface area contributed by atoms with E-state index < -0.39 is 11.7 Å². The quantitative estimate of drug-likeness (QED) is 0.488. The zero-order chi connectivity index (χ0) is 23.9. The van der Waals surface area contributed by atoms with E-state index >= 15 is 0 Å². The Hall–Kier alpha value is -3.20. The molecule has 2 aliphatic rings. The van der Waals surface area contributed by atoms with E-state index in [1.54, 1.807) is 11.0 Å². The summed E-state index contributed by atoms with van der Waals surface area (Å²) in [6.45, 7) is 2.59. The maximum absolute atomic E-state index is 13.8. The van der Waals surface area contributed by atoms with E-state index in [2.05, 4.69) is 4.90 Å². The van der Waals surface area contributed by atoms with E-state index in [9.17, 15) is 22.4 Å². The van der Waals surface area contributed by atoms with Crippen LogP contribution in [0.15, 0.2) is 48.5 Å². The van der Waals surface area contributed by atoms with Crippen molar-refractivity contribution < 1.29 is 27.1 Å². The summed E-state index contributed by atoms with van der Waals surface area (Å²) in [5.41, 5.74) is 0.761. The number of pyridine rings is 1. The minimum atomic E-state index is -4.46. The van der Waals surface area contributed by atoms with Crippen molar-refractivity contribution in [3.63, 3.8) is 0 Å². The summed E-state index contributed by atoms with van der Waals surface area (Å²) in [6.07, 6.45) is -2.78. The van der Waals surface area contributed by atoms with Gasteiger partial charge in [-0.05, 0) is 55.3 Å². The van der Waals surface area contributed by atoms with Gasteiger partial charge in [0, 0.05) is 48.3 Å². The summed E-state index contributed by atoms with van der Waals surface area (Å²) >= 11 is 0. The molecule has 0 atom stereocenters. The molecule has 0 radical (unpaired) electrons. The molecule has 2 heterocycles. The van der Waals surface area contributed by atoms with E-state index in [4.69, 9.17) is 9.72 Å². The molecule has 1 aliphatic heterocycles. The zero-order valence-corrected chi connectivity index (χ0v) is 18.3. The fourth-order valence-corrected chi connectivity index (χ4v) is 4.24. The van der Waals surface area contributed by atoms with Crippen LogP contribution in [0.1, 0.15) is 34.3 Å². The maximum Gasteiger partial charge on any atom is 0.416 e. The lowest BCUT2D eigenvalue weighted by Crippen LogP contribution is -2.38. The summed E-state index contributed by atoms with van der Waals surface area (Å²) in [5.74, 6) is -0.0200. The van der Waals surface area contributed by atoms with Gasteiger partial charge in [-0.25, -0.2) is 9.37 Å². The molecule has 1 aromatic heterocycles. The number of amides is 1. The number of morpholine rings is 1. The Bertz CT molecular complexity index is 1200. The molecule has 1 saturated carbocycles. The summed E-state index contributed by atoms with van der Waals surface area (Å²) in [4.78, 5) is 21.8. The third kappa shape index (κ3) is 4.70. The first-order valence-corrected chi connectivity index (χ1v) is 11.2. The number of nitrogens with zero attached hydrogens (tertiary/aromatic N) is 3. The van der Waals surface area contributed by atoms with Crippen LogP contribution in [-0.2, 0) is 17.5 Å². The summed E-state index contributed by atoms with van der Waals surface area (Å²) in [7, 11) is 0. The molecule has 1 amide bonds. The number of ether oxygens (including phenoxy) is 1. The highest BCUT2D eigenvalue weighted by Gasteiger charge is 2.35. The van der Waals surface area contributed by atoms with E-state index in [-0.39, 0.29) is 29.9 Å². The number of rotatable bonds is 5. The van der Waals surface area contributed by atoms with Crippen LogP contribution >= 0.6 is 0 Å². The second kappa shape index (κ2) is 8.87. The molecule has 9 heteroatoms. The summed E-state index contributed by atoms with van der Waals surface area (Å²) in [5, 5.41) is 0.756. The molecule has 0 unspecified atom stereocenters. The van der Waals surface area contributed by atoms with Crippen molar-refractivity contribution in [2.24, 2.45) is 0 Å². The first-order valence-electron chi connectivity index (χ1n) is 11.2. The molecule has 5 nitrogen and oxygen atoms in total. The number of benzene rings is 2. The largest absolute Gasteiger partial charge is 0.416 e. The lowest BCUT2D eigenvalue weighted by molar-refractivity contribution is -0.137. The van der Waals surface area contributed by atoms with Crippen molar-refractivity contribution in [1.82, 2.24) is 9.88 Å². The standard InChI is InChI=1S/C25H23F4N3O2/c26-20-6-3-17-13-18(23(30-22(17)14-20)31-9-11-34-12-10-31)15-32(21-7-8-21)24(33)16-1-4-19(5-2-16)25(27,28)29/h1-6,13-14,21H,7-12,15H2. The summed E-state index contributed by atoms with van der Waals surface area (Å²) in [6, 6.07) is 10.7. The van der Waals surface area contributed by atoms with Gasteiger partial charge in [0.05, 0.1) is 24.3 Å². The first-order chi connectivity index (χ1) is 16.3. The van der Waals surface area contributed by atoms with Crippen LogP contribution < -0.4 is 4.90 Å². The van der Waals surface area contributed by atoms with Crippen molar-refractivity contribution in [3.8, 4) is 0 Å². The second-order valence-corrected chi connectivity index (χ2v) is 8.65. The van der Waals surface area contributed by atoms with Gasteiger partial charge in [-0.15, -0.1) is 0 Å². The van der Waals surface area contributed by atoms with E-state index in [0.29, 0.717) is 37.6 Å². The van der Waals surface area contributed by atoms with E-state index in [1.807, 2.05) is 6.07 Å². The van der Waals surface area contributed by atoms with Crippen molar-refractivity contribution in [2.75, 3.05) is 31.2 Å². The number of hydrogen-bond acceptors (Lipinski definition) is 4. The number of alkyl halides is 3. The van der Waals surface area contributed by atoms with Gasteiger partial charge >= 0.3 is 6.18 Å². The fraction of sp³-hybridized carbons (Fsp3) is 0.360. The lowest BCUT2D eigenvalue weighted by Gasteiger charge is -2.31. The van der Waals surface area contributed by atoms with Gasteiger partial charge in [0.1, 0.15) is 11.6 Å². The molecule has 1 saturated heterocycles. The Morgan fingerprint density at radius 3 is 2.41 bits per heavy atom. The smallest absolute Gasteiger partial charge is 0.378 e. The molecule has 34 heavy (non-hydrogen) atoms. The number of halogens is 4. The number of carbonyl (C=O) groups excluding carboxylic acids is 1. The lowest BCUT2D eigenvalue weighted by atomic mass is 10.1. The Balaban J connectivity index is 1.49. The van der Waals surface area contributed by atoms with Crippen molar-refractivity contribution in [1.29, 1.82) is 0 Å². The summed E-state index contributed by atoms with van der Waals surface area (Å²) < 4.78 is 58.1. The molecule has 0 N–H and O–H groups in total. The molecule has 0 bridgehead atoms. The molecule has 3 aromatic rings. The van der Waals surface area contributed by atoms with Crippen LogP contribution in [0.3, 0.4) is 0 Å². The van der Waals surface area contributed by atoms with Crippen LogP contribution in [0, 0.1) is 5.82 Å². The topological polar surface area (TPSA) is 45.7 Å². The maximum atomic E-state index is 13.8. The minimum absolute atomic E-state index is 0.0243.